The van der Waals surface area contributed by atoms with Gasteiger partial charge in [-0.1, -0.05) is 0 Å². The predicted octanol–water partition coefficient (Wildman–Crippen LogP) is 5.81. The first-order valence-electron chi connectivity index (χ1n) is 7.80. The molecule has 7 heteroatoms. The third-order valence-electron chi connectivity index (χ3n) is 3.46. The number of anilines is 1. The Kier molecular flexibility index (Phi) is 5.19. The van der Waals surface area contributed by atoms with Crippen LogP contribution in [0.4, 0.5) is 28.4 Å². The second kappa shape index (κ2) is 7.89. The number of aromatic hydroxyl groups is 1. The van der Waals surface area contributed by atoms with Gasteiger partial charge in [0.15, 0.2) is 0 Å². The smallest absolute Gasteiger partial charge is 0.148 e. The Labute approximate surface area is 150 Å². The van der Waals surface area contributed by atoms with E-state index >= 15 is 0 Å². The average Bonchev–Trinajstić information content (AvgIpc) is 2.67. The van der Waals surface area contributed by atoms with Crippen molar-refractivity contribution >= 4 is 28.4 Å². The minimum absolute atomic E-state index is 0.178. The highest BCUT2D eigenvalue weighted by Gasteiger charge is 2.04. The molecular formula is C19H17N5O2. The van der Waals surface area contributed by atoms with Crippen molar-refractivity contribution in [3.63, 3.8) is 0 Å². The maximum atomic E-state index is 9.28. The van der Waals surface area contributed by atoms with Crippen LogP contribution in [0.15, 0.2) is 87.2 Å². The Morgan fingerprint density at radius 2 is 1.27 bits per heavy atom. The molecule has 0 amide bonds. The number of azo groups is 2. The van der Waals surface area contributed by atoms with Crippen LogP contribution in [0.5, 0.6) is 11.5 Å². The summed E-state index contributed by atoms with van der Waals surface area (Å²) < 4.78 is 5.35. The number of phenolic OH excluding ortho intramolecular Hbond substituents is 1. The summed E-state index contributed by atoms with van der Waals surface area (Å²) in [6, 6.07) is 18.8. The van der Waals surface area contributed by atoms with Crippen molar-refractivity contribution in [1.82, 2.24) is 0 Å². The lowest BCUT2D eigenvalue weighted by atomic mass is 10.2. The summed E-state index contributed by atoms with van der Waals surface area (Å²) in [5.41, 5.74) is 8.84. The van der Waals surface area contributed by atoms with Gasteiger partial charge in [0, 0.05) is 11.8 Å². The number of nitrogens with zero attached hydrogens (tertiary/aromatic N) is 4. The van der Waals surface area contributed by atoms with Gasteiger partial charge in [-0.25, -0.2) is 0 Å². The fourth-order valence-corrected chi connectivity index (χ4v) is 2.10. The zero-order valence-electron chi connectivity index (χ0n) is 14.1. The van der Waals surface area contributed by atoms with Crippen LogP contribution in [-0.4, -0.2) is 12.2 Å². The highest BCUT2D eigenvalue weighted by molar-refractivity contribution is 5.59. The second-order valence-electron chi connectivity index (χ2n) is 5.36. The number of methoxy groups -OCH3 is 1. The van der Waals surface area contributed by atoms with Crippen LogP contribution in [-0.2, 0) is 0 Å². The van der Waals surface area contributed by atoms with Gasteiger partial charge in [0.2, 0.25) is 0 Å². The zero-order chi connectivity index (χ0) is 18.4. The number of nitrogens with two attached hydrogens (primary N) is 1. The Bertz CT molecular complexity index is 935. The molecule has 0 saturated carbocycles. The van der Waals surface area contributed by atoms with Crippen molar-refractivity contribution in [3.05, 3.63) is 66.7 Å². The monoisotopic (exact) mass is 347 g/mol. The molecule has 7 nitrogen and oxygen atoms in total. The van der Waals surface area contributed by atoms with Crippen molar-refractivity contribution < 1.29 is 9.84 Å². The van der Waals surface area contributed by atoms with Crippen molar-refractivity contribution in [3.8, 4) is 11.5 Å². The molecule has 3 aromatic carbocycles. The van der Waals surface area contributed by atoms with Crippen molar-refractivity contribution in [2.45, 2.75) is 0 Å². The summed E-state index contributed by atoms with van der Waals surface area (Å²) >= 11 is 0. The molecule has 0 aliphatic heterocycles. The summed E-state index contributed by atoms with van der Waals surface area (Å²) in [4.78, 5) is 0. The third kappa shape index (κ3) is 4.41. The number of nitrogen functional groups attached to an aromatic ring is 1. The van der Waals surface area contributed by atoms with E-state index < -0.39 is 0 Å². The van der Waals surface area contributed by atoms with E-state index in [1.807, 2.05) is 0 Å². The maximum absolute atomic E-state index is 9.28. The fraction of sp³-hybridized carbons (Fsp3) is 0.0526. The van der Waals surface area contributed by atoms with E-state index in [0.29, 0.717) is 34.2 Å². The van der Waals surface area contributed by atoms with Crippen LogP contribution in [0.25, 0.3) is 0 Å². The molecule has 0 aliphatic carbocycles. The molecule has 0 bridgehead atoms. The molecule has 3 aromatic rings. The van der Waals surface area contributed by atoms with Gasteiger partial charge in [-0.2, -0.15) is 15.3 Å². The van der Waals surface area contributed by atoms with Crippen molar-refractivity contribution in [1.29, 1.82) is 0 Å². The standard InChI is InChI=1S/C19H17N5O2/c1-26-19-12-16(23-21-14-4-2-13(20)3-5-14)8-11-18(19)24-22-15-6-9-17(25)10-7-15/h2-12,25H,20H2,1H3. The number of ether oxygens (including phenoxy) is 1. The van der Waals surface area contributed by atoms with E-state index in [1.54, 1.807) is 73.8 Å². The van der Waals surface area contributed by atoms with E-state index in [-0.39, 0.29) is 5.75 Å². The summed E-state index contributed by atoms with van der Waals surface area (Å²) in [5.74, 6) is 0.707. The zero-order valence-corrected chi connectivity index (χ0v) is 14.1. The van der Waals surface area contributed by atoms with E-state index in [4.69, 9.17) is 10.5 Å². The van der Waals surface area contributed by atoms with Crippen LogP contribution in [0.1, 0.15) is 0 Å². The molecule has 0 spiro atoms. The van der Waals surface area contributed by atoms with Gasteiger partial charge in [-0.05, 0) is 60.7 Å². The Morgan fingerprint density at radius 3 is 1.92 bits per heavy atom. The molecular weight excluding hydrogens is 330 g/mol. The van der Waals surface area contributed by atoms with E-state index in [0.717, 1.165) is 0 Å². The Balaban J connectivity index is 1.78. The predicted molar refractivity (Wildman–Crippen MR) is 100 cm³/mol. The number of rotatable bonds is 5. The van der Waals surface area contributed by atoms with Crippen LogP contribution in [0, 0.1) is 0 Å². The lowest BCUT2D eigenvalue weighted by Crippen LogP contribution is -1.82. The minimum Gasteiger partial charge on any atom is -0.508 e. The van der Waals surface area contributed by atoms with E-state index in [9.17, 15) is 5.11 Å². The van der Waals surface area contributed by atoms with Gasteiger partial charge in [0.1, 0.15) is 17.2 Å². The maximum Gasteiger partial charge on any atom is 0.148 e. The SMILES string of the molecule is COc1cc(N=Nc2ccc(N)cc2)ccc1N=Nc1ccc(O)cc1. The number of hydrogen-bond acceptors (Lipinski definition) is 7. The van der Waals surface area contributed by atoms with Crippen LogP contribution in [0.2, 0.25) is 0 Å². The van der Waals surface area contributed by atoms with Gasteiger partial charge >= 0.3 is 0 Å². The number of phenols is 1. The quantitative estimate of drug-likeness (QED) is 0.449. The summed E-state index contributed by atoms with van der Waals surface area (Å²) in [5, 5.41) is 25.9. The van der Waals surface area contributed by atoms with Crippen LogP contribution >= 0.6 is 0 Å². The molecule has 3 N–H and O–H groups in total. The lowest BCUT2D eigenvalue weighted by molar-refractivity contribution is 0.416. The highest BCUT2D eigenvalue weighted by atomic mass is 16.5. The highest BCUT2D eigenvalue weighted by Crippen LogP contribution is 2.33. The number of benzene rings is 3. The van der Waals surface area contributed by atoms with Crippen molar-refractivity contribution in [2.24, 2.45) is 20.5 Å². The third-order valence-corrected chi connectivity index (χ3v) is 3.46. The summed E-state index contributed by atoms with van der Waals surface area (Å²) in [7, 11) is 1.55. The summed E-state index contributed by atoms with van der Waals surface area (Å²) in [6.07, 6.45) is 0. The minimum atomic E-state index is 0.178. The van der Waals surface area contributed by atoms with Crippen molar-refractivity contribution in [2.75, 3.05) is 12.8 Å². The van der Waals surface area contributed by atoms with Gasteiger partial charge < -0.3 is 15.6 Å². The van der Waals surface area contributed by atoms with E-state index in [2.05, 4.69) is 20.5 Å². The van der Waals surface area contributed by atoms with Gasteiger partial charge in [0.05, 0.1) is 24.2 Å². The normalized spacial score (nSPS) is 11.3. The average molecular weight is 347 g/mol. The van der Waals surface area contributed by atoms with E-state index in [1.165, 1.54) is 0 Å². The summed E-state index contributed by atoms with van der Waals surface area (Å²) in [6.45, 7) is 0. The fourth-order valence-electron chi connectivity index (χ4n) is 2.10. The number of hydrogen-bond donors (Lipinski definition) is 2. The van der Waals surface area contributed by atoms with Gasteiger partial charge in [-0.15, -0.1) is 5.11 Å². The molecule has 3 rings (SSSR count). The first-order chi connectivity index (χ1) is 12.6. The second-order valence-corrected chi connectivity index (χ2v) is 5.36. The molecule has 0 unspecified atom stereocenters. The molecule has 0 heterocycles. The molecule has 26 heavy (non-hydrogen) atoms. The molecule has 0 aliphatic rings. The molecule has 0 atom stereocenters. The molecule has 0 aromatic heterocycles. The van der Waals surface area contributed by atoms with Crippen LogP contribution in [0.3, 0.4) is 0 Å². The Morgan fingerprint density at radius 1 is 0.731 bits per heavy atom. The largest absolute Gasteiger partial charge is 0.508 e. The van der Waals surface area contributed by atoms with Gasteiger partial charge in [0.25, 0.3) is 0 Å². The molecule has 0 fully saturated rings. The Hall–Kier alpha value is -3.74. The van der Waals surface area contributed by atoms with Gasteiger partial charge in [-0.3, -0.25) is 0 Å². The lowest BCUT2D eigenvalue weighted by Gasteiger charge is -2.04. The first-order valence-corrected chi connectivity index (χ1v) is 7.80. The molecule has 130 valence electrons. The topological polar surface area (TPSA) is 105 Å². The first kappa shape index (κ1) is 17.1. The van der Waals surface area contributed by atoms with Crippen LogP contribution < -0.4 is 10.5 Å². The molecule has 0 radical (unpaired) electrons. The molecule has 0 saturated heterocycles.